The summed E-state index contributed by atoms with van der Waals surface area (Å²) in [5, 5.41) is 8.18. The second kappa shape index (κ2) is 3.61. The second-order valence-electron chi connectivity index (χ2n) is 5.16. The Morgan fingerprint density at radius 3 is 3.11 bits per heavy atom. The van der Waals surface area contributed by atoms with Crippen molar-refractivity contribution in [1.29, 1.82) is 0 Å². The average molecular weight is 251 g/mol. The van der Waals surface area contributed by atoms with Gasteiger partial charge >= 0.3 is 0 Å². The molecule has 0 radical (unpaired) electrons. The van der Waals surface area contributed by atoms with Gasteiger partial charge in [0.15, 0.2) is 11.3 Å². The Balaban J connectivity index is 2.16. The molecule has 0 N–H and O–H groups in total. The molecule has 0 spiro atoms. The van der Waals surface area contributed by atoms with Crippen LogP contribution in [0.2, 0.25) is 0 Å². The van der Waals surface area contributed by atoms with Crippen LogP contribution in [0.3, 0.4) is 0 Å². The maximum absolute atomic E-state index is 12.3. The number of nitrogens with zero attached hydrogens (tertiary/aromatic N) is 3. The number of methoxy groups -OCH3 is 1. The quantitative estimate of drug-likeness (QED) is 0.684. The molecule has 0 aromatic carbocycles. The average Bonchev–Trinajstić information content (AvgIpc) is 2.76. The fourth-order valence-electron chi connectivity index (χ4n) is 3.09. The third-order valence-corrected chi connectivity index (χ3v) is 4.26. The molecule has 6 nitrogen and oxygen atoms in total. The predicted molar refractivity (Wildman–Crippen MR) is 63.0 cm³/mol. The Hall–Kier alpha value is -1.27. The van der Waals surface area contributed by atoms with E-state index >= 15 is 0 Å². The lowest BCUT2D eigenvalue weighted by Crippen LogP contribution is -2.63. The largest absolute Gasteiger partial charge is 0.371 e. The first-order valence-electron chi connectivity index (χ1n) is 6.10. The number of hydrogen-bond acceptors (Lipinski definition) is 6. The molecular weight excluding hydrogens is 234 g/mol. The van der Waals surface area contributed by atoms with E-state index in [9.17, 15) is 4.79 Å². The summed E-state index contributed by atoms with van der Waals surface area (Å²) in [5.41, 5.74) is -0.0615. The summed E-state index contributed by atoms with van der Waals surface area (Å²) in [7, 11) is 3.56. The molecule has 98 valence electrons. The van der Waals surface area contributed by atoms with Crippen LogP contribution in [-0.4, -0.2) is 55.9 Å². The van der Waals surface area contributed by atoms with Crippen LogP contribution in [0.15, 0.2) is 22.0 Å². The van der Waals surface area contributed by atoms with E-state index in [0.717, 1.165) is 12.2 Å². The molecular formula is C12H17N3O3. The molecule has 3 aliphatic rings. The van der Waals surface area contributed by atoms with Crippen LogP contribution in [0.1, 0.15) is 6.92 Å². The minimum atomic E-state index is -0.890. The van der Waals surface area contributed by atoms with E-state index in [0.29, 0.717) is 13.2 Å². The molecule has 1 saturated heterocycles. The van der Waals surface area contributed by atoms with Gasteiger partial charge in [0.2, 0.25) is 5.79 Å². The van der Waals surface area contributed by atoms with Crippen molar-refractivity contribution in [2.45, 2.75) is 18.2 Å². The fraction of sp³-hybridized carbons (Fsp3) is 0.750. The Morgan fingerprint density at radius 1 is 1.61 bits per heavy atom. The first-order valence-corrected chi connectivity index (χ1v) is 6.10. The molecule has 3 atom stereocenters. The van der Waals surface area contributed by atoms with Gasteiger partial charge in [0.1, 0.15) is 0 Å². The molecule has 2 heterocycles. The van der Waals surface area contributed by atoms with Gasteiger partial charge in [-0.05, 0) is 6.92 Å². The zero-order valence-electron chi connectivity index (χ0n) is 10.8. The van der Waals surface area contributed by atoms with Gasteiger partial charge in [-0.3, -0.25) is 4.79 Å². The summed E-state index contributed by atoms with van der Waals surface area (Å²) in [6.45, 7) is 3.59. The normalized spacial score (nSPS) is 42.6. The van der Waals surface area contributed by atoms with E-state index in [1.54, 1.807) is 13.2 Å². The lowest BCUT2D eigenvalue weighted by Gasteiger charge is -2.51. The Bertz CT molecular complexity index is 461. The van der Waals surface area contributed by atoms with Crippen molar-refractivity contribution in [1.82, 2.24) is 4.90 Å². The fourth-order valence-corrected chi connectivity index (χ4v) is 3.09. The lowest BCUT2D eigenvalue weighted by atomic mass is 9.72. The molecule has 3 rings (SSSR count). The van der Waals surface area contributed by atoms with Gasteiger partial charge in [-0.25, -0.2) is 0 Å². The number of ether oxygens (including phenoxy) is 2. The molecule has 1 aliphatic carbocycles. The Kier molecular flexibility index (Phi) is 2.37. The summed E-state index contributed by atoms with van der Waals surface area (Å²) >= 11 is 0. The van der Waals surface area contributed by atoms with Crippen molar-refractivity contribution >= 4 is 5.78 Å². The third kappa shape index (κ3) is 1.22. The lowest BCUT2D eigenvalue weighted by molar-refractivity contribution is -0.261. The van der Waals surface area contributed by atoms with Gasteiger partial charge < -0.3 is 14.4 Å². The smallest absolute Gasteiger partial charge is 0.217 e. The number of rotatable bonds is 1. The standard InChI is InChI=1S/C12H17N3O3/c1-11-8(7-13-14-11)12(17-3)9(6-10(11)16)15(2)4-5-18-12/h6,8H,4-5,7H2,1-3H3/t8-,11-,12+/m0/s1. The van der Waals surface area contributed by atoms with Gasteiger partial charge in [0.05, 0.1) is 24.8 Å². The molecule has 6 heteroatoms. The molecule has 0 amide bonds. The minimum Gasteiger partial charge on any atom is -0.371 e. The number of azo groups is 1. The van der Waals surface area contributed by atoms with Crippen LogP contribution < -0.4 is 0 Å². The second-order valence-corrected chi connectivity index (χ2v) is 5.16. The van der Waals surface area contributed by atoms with E-state index in [1.807, 2.05) is 18.9 Å². The number of carbonyl (C=O) groups is 1. The Labute approximate surface area is 106 Å². The maximum atomic E-state index is 12.3. The summed E-state index contributed by atoms with van der Waals surface area (Å²) in [4.78, 5) is 14.3. The maximum Gasteiger partial charge on any atom is 0.217 e. The molecule has 0 saturated carbocycles. The highest BCUT2D eigenvalue weighted by atomic mass is 16.7. The monoisotopic (exact) mass is 251 g/mol. The number of hydrogen-bond donors (Lipinski definition) is 0. The number of morpholine rings is 1. The van der Waals surface area contributed by atoms with Crippen LogP contribution in [0, 0.1) is 5.92 Å². The number of fused-ring (bicyclic) bond motifs is 3. The number of likely N-dealkylation sites (N-methyl/N-ethyl adjacent to an activating group) is 1. The van der Waals surface area contributed by atoms with Crippen LogP contribution in [-0.2, 0) is 14.3 Å². The Morgan fingerprint density at radius 2 is 2.39 bits per heavy atom. The SMILES string of the molecule is CO[C@]12OCCN(C)C1=CC(=O)[C@@]1(C)N=NC[C@H]21. The molecule has 0 aromatic rings. The molecule has 1 fully saturated rings. The van der Waals surface area contributed by atoms with Crippen molar-refractivity contribution in [3.05, 3.63) is 11.8 Å². The van der Waals surface area contributed by atoms with Gasteiger partial charge in [0, 0.05) is 26.8 Å². The molecule has 0 unspecified atom stereocenters. The minimum absolute atomic E-state index is 0.0197. The van der Waals surface area contributed by atoms with Crippen molar-refractivity contribution in [3.63, 3.8) is 0 Å². The highest BCUT2D eigenvalue weighted by Crippen LogP contribution is 2.48. The molecule has 0 bridgehead atoms. The highest BCUT2D eigenvalue weighted by Gasteiger charge is 2.62. The third-order valence-electron chi connectivity index (χ3n) is 4.26. The van der Waals surface area contributed by atoms with E-state index < -0.39 is 11.3 Å². The first-order chi connectivity index (χ1) is 8.54. The summed E-state index contributed by atoms with van der Waals surface area (Å²) in [6.07, 6.45) is 1.60. The molecule has 2 aliphatic heterocycles. The van der Waals surface area contributed by atoms with Crippen molar-refractivity contribution in [3.8, 4) is 0 Å². The molecule has 18 heavy (non-hydrogen) atoms. The van der Waals surface area contributed by atoms with Gasteiger partial charge in [-0.1, -0.05) is 0 Å². The van der Waals surface area contributed by atoms with Crippen LogP contribution in [0.25, 0.3) is 0 Å². The van der Waals surface area contributed by atoms with E-state index in [-0.39, 0.29) is 11.7 Å². The van der Waals surface area contributed by atoms with Gasteiger partial charge in [-0.2, -0.15) is 10.2 Å². The van der Waals surface area contributed by atoms with Crippen LogP contribution >= 0.6 is 0 Å². The highest BCUT2D eigenvalue weighted by molar-refractivity contribution is 6.00. The van der Waals surface area contributed by atoms with Gasteiger partial charge in [0.25, 0.3) is 0 Å². The summed E-state index contributed by atoms with van der Waals surface area (Å²) < 4.78 is 11.6. The zero-order chi connectivity index (χ0) is 13.0. The van der Waals surface area contributed by atoms with Crippen LogP contribution in [0.4, 0.5) is 0 Å². The summed E-state index contributed by atoms with van der Waals surface area (Å²) in [6, 6.07) is 0. The van der Waals surface area contributed by atoms with E-state index in [2.05, 4.69) is 10.2 Å². The van der Waals surface area contributed by atoms with Crippen LogP contribution in [0.5, 0.6) is 0 Å². The summed E-state index contributed by atoms with van der Waals surface area (Å²) in [5.74, 6) is -1.10. The zero-order valence-corrected chi connectivity index (χ0v) is 10.8. The van der Waals surface area contributed by atoms with E-state index in [4.69, 9.17) is 9.47 Å². The van der Waals surface area contributed by atoms with Crippen molar-refractivity contribution < 1.29 is 14.3 Å². The van der Waals surface area contributed by atoms with Gasteiger partial charge in [-0.15, -0.1) is 0 Å². The topological polar surface area (TPSA) is 63.5 Å². The van der Waals surface area contributed by atoms with Crippen molar-refractivity contribution in [2.75, 3.05) is 33.9 Å². The number of carbonyl (C=O) groups excluding carboxylic acids is 1. The van der Waals surface area contributed by atoms with Crippen molar-refractivity contribution in [2.24, 2.45) is 16.1 Å². The first kappa shape index (κ1) is 11.8. The number of ketones is 1. The predicted octanol–water partition coefficient (Wildman–Crippen LogP) is 0.598. The van der Waals surface area contributed by atoms with E-state index in [1.165, 1.54) is 0 Å². The molecule has 0 aromatic heterocycles.